The van der Waals surface area contributed by atoms with Gasteiger partial charge in [-0.3, -0.25) is 4.79 Å². The Labute approximate surface area is 110 Å². The highest BCUT2D eigenvalue weighted by molar-refractivity contribution is 7.99. The first-order valence-corrected chi connectivity index (χ1v) is 6.96. The predicted molar refractivity (Wildman–Crippen MR) is 70.4 cm³/mol. The molecule has 1 aromatic carbocycles. The Morgan fingerprint density at radius 3 is 2.71 bits per heavy atom. The van der Waals surface area contributed by atoms with Crippen LogP contribution in [0.25, 0.3) is 0 Å². The van der Waals surface area contributed by atoms with Crippen molar-refractivity contribution in [2.75, 3.05) is 19.0 Å². The molecule has 0 aromatic heterocycles. The number of amides is 1. The van der Waals surface area contributed by atoms with Crippen LogP contribution in [-0.4, -0.2) is 30.9 Å². The molecule has 1 saturated heterocycles. The molecule has 0 atom stereocenters. The smallest absolute Gasteiger partial charge is 0.230 e. The van der Waals surface area contributed by atoms with Crippen LogP contribution in [0.15, 0.2) is 24.3 Å². The van der Waals surface area contributed by atoms with Gasteiger partial charge in [-0.15, -0.1) is 11.8 Å². The van der Waals surface area contributed by atoms with E-state index in [1.54, 1.807) is 11.8 Å². The van der Waals surface area contributed by atoms with E-state index in [1.807, 2.05) is 24.3 Å². The Hall–Kier alpha value is -0.710. The third kappa shape index (κ3) is 4.22. The zero-order valence-corrected chi connectivity index (χ0v) is 10.9. The minimum absolute atomic E-state index is 0.0808. The van der Waals surface area contributed by atoms with Crippen molar-refractivity contribution in [1.82, 2.24) is 5.32 Å². The number of hydrogen-bond acceptors (Lipinski definition) is 3. The number of carbonyl (C=O) groups is 1. The summed E-state index contributed by atoms with van der Waals surface area (Å²) in [5.41, 5.74) is 1.18. The summed E-state index contributed by atoms with van der Waals surface area (Å²) in [7, 11) is 0. The van der Waals surface area contributed by atoms with Crippen LogP contribution in [0.4, 0.5) is 0 Å². The summed E-state index contributed by atoms with van der Waals surface area (Å²) in [6.45, 7) is 1.29. The molecule has 0 saturated carbocycles. The van der Waals surface area contributed by atoms with Crippen LogP contribution in [0, 0.1) is 0 Å². The van der Waals surface area contributed by atoms with Gasteiger partial charge in [-0.05, 0) is 17.7 Å². The Kier molecular flexibility index (Phi) is 4.71. The molecule has 0 radical (unpaired) electrons. The minimum Gasteiger partial charge on any atom is -0.377 e. The van der Waals surface area contributed by atoms with Crippen molar-refractivity contribution in [3.05, 3.63) is 34.9 Å². The van der Waals surface area contributed by atoms with Crippen molar-refractivity contribution in [2.45, 2.75) is 11.8 Å². The van der Waals surface area contributed by atoms with Crippen molar-refractivity contribution >= 4 is 29.3 Å². The molecule has 17 heavy (non-hydrogen) atoms. The summed E-state index contributed by atoms with van der Waals surface area (Å²) >= 11 is 7.39. The normalized spacial score (nSPS) is 15.4. The second-order valence-electron chi connectivity index (χ2n) is 3.92. The summed E-state index contributed by atoms with van der Waals surface area (Å²) in [5.74, 6) is 1.39. The summed E-state index contributed by atoms with van der Waals surface area (Å²) in [4.78, 5) is 11.5. The molecular weight excluding hydrogens is 258 g/mol. The van der Waals surface area contributed by atoms with E-state index in [0.717, 1.165) is 10.8 Å². The molecule has 0 aliphatic carbocycles. The fourth-order valence-electron chi connectivity index (χ4n) is 1.43. The molecule has 92 valence electrons. The van der Waals surface area contributed by atoms with Crippen molar-refractivity contribution in [1.29, 1.82) is 0 Å². The van der Waals surface area contributed by atoms with Crippen LogP contribution in [0.2, 0.25) is 5.02 Å². The zero-order chi connectivity index (χ0) is 12.1. The van der Waals surface area contributed by atoms with Crippen LogP contribution < -0.4 is 5.32 Å². The molecule has 1 aliphatic heterocycles. The van der Waals surface area contributed by atoms with Gasteiger partial charge in [-0.1, -0.05) is 23.7 Å². The van der Waals surface area contributed by atoms with Crippen LogP contribution in [0.5, 0.6) is 0 Å². The molecule has 1 aromatic rings. The fraction of sp³-hybridized carbons (Fsp3) is 0.417. The van der Waals surface area contributed by atoms with Gasteiger partial charge < -0.3 is 10.1 Å². The number of nitrogens with one attached hydrogen (secondary N) is 1. The maximum Gasteiger partial charge on any atom is 0.230 e. The largest absolute Gasteiger partial charge is 0.377 e. The van der Waals surface area contributed by atoms with Crippen LogP contribution >= 0.6 is 23.4 Å². The quantitative estimate of drug-likeness (QED) is 0.891. The molecule has 0 unspecified atom stereocenters. The maximum absolute atomic E-state index is 11.5. The van der Waals surface area contributed by atoms with Gasteiger partial charge in [0.1, 0.15) is 0 Å². The van der Waals surface area contributed by atoms with Gasteiger partial charge in [-0.2, -0.15) is 0 Å². The van der Waals surface area contributed by atoms with Gasteiger partial charge >= 0.3 is 0 Å². The average molecular weight is 272 g/mol. The Balaban J connectivity index is 1.64. The number of halogens is 1. The first-order valence-electron chi connectivity index (χ1n) is 5.43. The molecule has 3 nitrogen and oxygen atoms in total. The summed E-state index contributed by atoms with van der Waals surface area (Å²) < 4.78 is 4.99. The van der Waals surface area contributed by atoms with E-state index in [0.29, 0.717) is 19.0 Å². The molecular formula is C12H14ClNO2S. The topological polar surface area (TPSA) is 38.3 Å². The van der Waals surface area contributed by atoms with Gasteiger partial charge in [0.2, 0.25) is 5.91 Å². The van der Waals surface area contributed by atoms with E-state index >= 15 is 0 Å². The molecule has 0 spiro atoms. The molecule has 0 bridgehead atoms. The predicted octanol–water partition coefficient (Wildman–Crippen LogP) is 2.09. The number of ether oxygens (including phenoxy) is 1. The number of hydrogen-bond donors (Lipinski definition) is 1. The van der Waals surface area contributed by atoms with E-state index in [1.165, 1.54) is 5.56 Å². The standard InChI is InChI=1S/C12H14ClNO2S/c13-10-3-1-9(2-4-10)7-17-8-12(15)14-11-5-16-6-11/h1-4,11H,5-8H2,(H,14,15). The first kappa shape index (κ1) is 12.7. The molecule has 1 fully saturated rings. The number of benzene rings is 1. The SMILES string of the molecule is O=C(CSCc1ccc(Cl)cc1)NC1COC1. The van der Waals surface area contributed by atoms with Crippen molar-refractivity contribution in [2.24, 2.45) is 0 Å². The van der Waals surface area contributed by atoms with Crippen molar-refractivity contribution < 1.29 is 9.53 Å². The lowest BCUT2D eigenvalue weighted by Crippen LogP contribution is -2.49. The highest BCUT2D eigenvalue weighted by Gasteiger charge is 2.19. The molecule has 1 amide bonds. The van der Waals surface area contributed by atoms with Crippen LogP contribution in [0.3, 0.4) is 0 Å². The van der Waals surface area contributed by atoms with E-state index < -0.39 is 0 Å². The van der Waals surface area contributed by atoms with Crippen LogP contribution in [-0.2, 0) is 15.3 Å². The van der Waals surface area contributed by atoms with Crippen molar-refractivity contribution in [3.63, 3.8) is 0 Å². The van der Waals surface area contributed by atoms with Crippen molar-refractivity contribution in [3.8, 4) is 0 Å². The lowest BCUT2D eigenvalue weighted by Gasteiger charge is -2.26. The molecule has 2 rings (SSSR count). The van der Waals surface area contributed by atoms with E-state index in [-0.39, 0.29) is 11.9 Å². The lowest BCUT2D eigenvalue weighted by atomic mass is 10.2. The van der Waals surface area contributed by atoms with E-state index in [9.17, 15) is 4.79 Å². The maximum atomic E-state index is 11.5. The number of carbonyl (C=O) groups excluding carboxylic acids is 1. The summed E-state index contributed by atoms with van der Waals surface area (Å²) in [5, 5.41) is 3.64. The minimum atomic E-state index is 0.0808. The first-order chi connectivity index (χ1) is 8.24. The number of rotatable bonds is 5. The summed E-state index contributed by atoms with van der Waals surface area (Å²) in [6, 6.07) is 7.91. The van der Waals surface area contributed by atoms with Gasteiger partial charge in [-0.25, -0.2) is 0 Å². The Morgan fingerprint density at radius 2 is 2.12 bits per heavy atom. The highest BCUT2D eigenvalue weighted by atomic mass is 35.5. The lowest BCUT2D eigenvalue weighted by molar-refractivity contribution is -0.122. The average Bonchev–Trinajstić information content (AvgIpc) is 2.26. The van der Waals surface area contributed by atoms with Gasteiger partial charge in [0.05, 0.1) is 25.0 Å². The fourth-order valence-corrected chi connectivity index (χ4v) is 2.36. The second kappa shape index (κ2) is 6.28. The third-order valence-electron chi connectivity index (χ3n) is 2.42. The highest BCUT2D eigenvalue weighted by Crippen LogP contribution is 2.15. The van der Waals surface area contributed by atoms with Gasteiger partial charge in [0, 0.05) is 10.8 Å². The zero-order valence-electron chi connectivity index (χ0n) is 9.32. The molecule has 1 N–H and O–H groups in total. The molecule has 1 heterocycles. The van der Waals surface area contributed by atoms with Gasteiger partial charge in [0.25, 0.3) is 0 Å². The number of thioether (sulfide) groups is 1. The monoisotopic (exact) mass is 271 g/mol. The van der Waals surface area contributed by atoms with E-state index in [2.05, 4.69) is 5.32 Å². The van der Waals surface area contributed by atoms with Crippen LogP contribution in [0.1, 0.15) is 5.56 Å². The molecule has 5 heteroatoms. The summed E-state index contributed by atoms with van der Waals surface area (Å²) in [6.07, 6.45) is 0. The Bertz CT molecular complexity index is 379. The second-order valence-corrected chi connectivity index (χ2v) is 5.34. The van der Waals surface area contributed by atoms with Gasteiger partial charge in [0.15, 0.2) is 0 Å². The van der Waals surface area contributed by atoms with E-state index in [4.69, 9.17) is 16.3 Å². The molecule has 1 aliphatic rings. The third-order valence-corrected chi connectivity index (χ3v) is 3.67. The Morgan fingerprint density at radius 1 is 1.41 bits per heavy atom.